The molecule has 0 aliphatic rings. The van der Waals surface area contributed by atoms with Gasteiger partial charge in [0.25, 0.3) is 0 Å². The molecule has 0 aliphatic heterocycles. The van der Waals surface area contributed by atoms with Gasteiger partial charge in [0, 0.05) is 50.8 Å². The summed E-state index contributed by atoms with van der Waals surface area (Å²) in [5.74, 6) is -2.46. The van der Waals surface area contributed by atoms with E-state index >= 15 is 0 Å². The summed E-state index contributed by atoms with van der Waals surface area (Å²) in [5.41, 5.74) is -0.216. The van der Waals surface area contributed by atoms with Gasteiger partial charge in [-0.2, -0.15) is 0 Å². The van der Waals surface area contributed by atoms with Crippen LogP contribution in [0.5, 0.6) is 0 Å². The van der Waals surface area contributed by atoms with Crippen molar-refractivity contribution >= 4 is 11.9 Å². The molecule has 0 bridgehead atoms. The first kappa shape index (κ1) is 22.5. The zero-order valence-corrected chi connectivity index (χ0v) is 13.9. The van der Waals surface area contributed by atoms with Gasteiger partial charge in [0.05, 0.1) is 0 Å². The zero-order chi connectivity index (χ0) is 18.2. The molecule has 4 N–H and O–H groups in total. The van der Waals surface area contributed by atoms with Crippen molar-refractivity contribution in [1.29, 1.82) is 0 Å². The standard InChI is InChI=1S/C16H28O8/c17-7-3-11-23-9-1-5-13(15(19)20)14(16(21)22)6-2-10-24-12-4-8-18/h17-18H,1-12H2,(H,19,20)(H,21,22)/b14-13+. The lowest BCUT2D eigenvalue weighted by molar-refractivity contribution is -0.136. The Morgan fingerprint density at radius 1 is 0.625 bits per heavy atom. The van der Waals surface area contributed by atoms with Crippen molar-refractivity contribution in [3.05, 3.63) is 11.1 Å². The van der Waals surface area contributed by atoms with Crippen LogP contribution in [0.1, 0.15) is 38.5 Å². The summed E-state index contributed by atoms with van der Waals surface area (Å²) in [4.78, 5) is 22.7. The van der Waals surface area contributed by atoms with Gasteiger partial charge in [0.1, 0.15) is 0 Å². The summed E-state index contributed by atoms with van der Waals surface area (Å²) in [7, 11) is 0. The Morgan fingerprint density at radius 3 is 1.25 bits per heavy atom. The fourth-order valence-electron chi connectivity index (χ4n) is 2.01. The van der Waals surface area contributed by atoms with Crippen molar-refractivity contribution in [3.63, 3.8) is 0 Å². The average Bonchev–Trinajstić information content (AvgIpc) is 2.54. The third kappa shape index (κ3) is 11.1. The van der Waals surface area contributed by atoms with Crippen LogP contribution in [0.25, 0.3) is 0 Å². The molecule has 0 aromatic rings. The molecule has 0 saturated carbocycles. The van der Waals surface area contributed by atoms with Crippen LogP contribution in [-0.4, -0.2) is 72.0 Å². The molecule has 8 heteroatoms. The maximum Gasteiger partial charge on any atom is 0.332 e. The number of aliphatic carboxylic acids is 2. The molecule has 0 heterocycles. The highest BCUT2D eigenvalue weighted by Crippen LogP contribution is 2.17. The van der Waals surface area contributed by atoms with Crippen LogP contribution in [0, 0.1) is 0 Å². The first-order chi connectivity index (χ1) is 11.5. The molecule has 0 unspecified atom stereocenters. The van der Waals surface area contributed by atoms with Gasteiger partial charge in [0.15, 0.2) is 0 Å². The first-order valence-corrected chi connectivity index (χ1v) is 8.10. The zero-order valence-electron chi connectivity index (χ0n) is 13.9. The number of aliphatic hydroxyl groups excluding tert-OH is 2. The average molecular weight is 348 g/mol. The fourth-order valence-corrected chi connectivity index (χ4v) is 2.01. The third-order valence-corrected chi connectivity index (χ3v) is 3.21. The number of ether oxygens (including phenoxy) is 2. The van der Waals surface area contributed by atoms with Gasteiger partial charge in [-0.25, -0.2) is 9.59 Å². The van der Waals surface area contributed by atoms with Gasteiger partial charge in [-0.15, -0.1) is 0 Å². The summed E-state index contributed by atoms with van der Waals surface area (Å²) < 4.78 is 10.4. The second-order valence-electron chi connectivity index (χ2n) is 5.15. The molecule has 0 saturated heterocycles. The molecular formula is C16H28O8. The molecule has 0 atom stereocenters. The Morgan fingerprint density at radius 2 is 0.958 bits per heavy atom. The van der Waals surface area contributed by atoms with Crippen LogP contribution < -0.4 is 0 Å². The van der Waals surface area contributed by atoms with Crippen LogP contribution in [0.3, 0.4) is 0 Å². The van der Waals surface area contributed by atoms with E-state index in [9.17, 15) is 19.8 Å². The number of carbonyl (C=O) groups is 2. The second kappa shape index (κ2) is 15.1. The van der Waals surface area contributed by atoms with Crippen molar-refractivity contribution in [2.45, 2.75) is 38.5 Å². The number of carboxylic acids is 2. The van der Waals surface area contributed by atoms with Crippen LogP contribution in [-0.2, 0) is 19.1 Å². The summed E-state index contributed by atoms with van der Waals surface area (Å²) in [5, 5.41) is 35.7. The predicted molar refractivity (Wildman–Crippen MR) is 85.8 cm³/mol. The lowest BCUT2D eigenvalue weighted by atomic mass is 9.99. The van der Waals surface area contributed by atoms with Gasteiger partial charge in [-0.05, 0) is 38.5 Å². The van der Waals surface area contributed by atoms with Crippen molar-refractivity contribution in [3.8, 4) is 0 Å². The van der Waals surface area contributed by atoms with E-state index < -0.39 is 11.9 Å². The largest absolute Gasteiger partial charge is 0.478 e. The number of aliphatic hydroxyl groups is 2. The summed E-state index contributed by atoms with van der Waals surface area (Å²) in [6.45, 7) is 1.47. The summed E-state index contributed by atoms with van der Waals surface area (Å²) >= 11 is 0. The normalized spacial score (nSPS) is 12.1. The van der Waals surface area contributed by atoms with Gasteiger partial charge in [-0.3, -0.25) is 0 Å². The molecular weight excluding hydrogens is 320 g/mol. The van der Waals surface area contributed by atoms with Crippen molar-refractivity contribution < 1.29 is 39.5 Å². The molecule has 0 aliphatic carbocycles. The van der Waals surface area contributed by atoms with E-state index in [0.29, 0.717) is 52.1 Å². The molecule has 0 fully saturated rings. The Kier molecular flexibility index (Phi) is 14.1. The molecule has 0 spiro atoms. The van der Waals surface area contributed by atoms with Crippen LogP contribution in [0.2, 0.25) is 0 Å². The highest BCUT2D eigenvalue weighted by atomic mass is 16.5. The molecule has 0 aromatic carbocycles. The number of hydrogen-bond donors (Lipinski definition) is 4. The maximum absolute atomic E-state index is 11.3. The minimum atomic E-state index is -1.23. The smallest absolute Gasteiger partial charge is 0.332 e. The van der Waals surface area contributed by atoms with Crippen molar-refractivity contribution in [1.82, 2.24) is 0 Å². The van der Waals surface area contributed by atoms with Crippen LogP contribution >= 0.6 is 0 Å². The van der Waals surface area contributed by atoms with Crippen LogP contribution in [0.15, 0.2) is 11.1 Å². The molecule has 0 amide bonds. The fraction of sp³-hybridized carbons (Fsp3) is 0.750. The first-order valence-electron chi connectivity index (χ1n) is 8.10. The van der Waals surface area contributed by atoms with Crippen molar-refractivity contribution in [2.24, 2.45) is 0 Å². The number of carboxylic acid groups (broad SMARTS) is 2. The minimum Gasteiger partial charge on any atom is -0.478 e. The highest BCUT2D eigenvalue weighted by molar-refractivity contribution is 5.98. The monoisotopic (exact) mass is 348 g/mol. The number of rotatable bonds is 16. The predicted octanol–water partition coefficient (Wildman–Crippen LogP) is 0.811. The number of hydrogen-bond acceptors (Lipinski definition) is 6. The van der Waals surface area contributed by atoms with Crippen molar-refractivity contribution in [2.75, 3.05) is 39.6 Å². The highest BCUT2D eigenvalue weighted by Gasteiger charge is 2.19. The molecule has 24 heavy (non-hydrogen) atoms. The minimum absolute atomic E-state index is 0.0316. The Balaban J connectivity index is 4.44. The Labute approximate surface area is 141 Å². The Bertz CT molecular complexity index is 356. The molecule has 0 rings (SSSR count). The van der Waals surface area contributed by atoms with E-state index in [0.717, 1.165) is 0 Å². The van der Waals surface area contributed by atoms with Crippen LogP contribution in [0.4, 0.5) is 0 Å². The third-order valence-electron chi connectivity index (χ3n) is 3.21. The molecule has 140 valence electrons. The van der Waals surface area contributed by atoms with E-state index in [1.807, 2.05) is 0 Å². The molecule has 8 nitrogen and oxygen atoms in total. The summed E-state index contributed by atoms with van der Waals surface area (Å²) in [6, 6.07) is 0. The van der Waals surface area contributed by atoms with E-state index in [1.54, 1.807) is 0 Å². The van der Waals surface area contributed by atoms with E-state index in [2.05, 4.69) is 0 Å². The molecule has 0 radical (unpaired) electrons. The molecule has 0 aromatic heterocycles. The maximum atomic E-state index is 11.3. The van der Waals surface area contributed by atoms with Gasteiger partial charge >= 0.3 is 11.9 Å². The van der Waals surface area contributed by atoms with E-state index in [4.69, 9.17) is 19.7 Å². The van der Waals surface area contributed by atoms with E-state index in [1.165, 1.54) is 0 Å². The second-order valence-corrected chi connectivity index (χ2v) is 5.15. The topological polar surface area (TPSA) is 134 Å². The lowest BCUT2D eigenvalue weighted by Crippen LogP contribution is -2.13. The van der Waals surface area contributed by atoms with Gasteiger partial charge < -0.3 is 29.9 Å². The van der Waals surface area contributed by atoms with E-state index in [-0.39, 0.29) is 37.2 Å². The lowest BCUT2D eigenvalue weighted by Gasteiger charge is -2.10. The Hall–Kier alpha value is -1.48. The SMILES string of the molecule is O=C(O)/C(CCCOCCCO)=C(\CCCOCCCO)C(=O)O. The summed E-state index contributed by atoms with van der Waals surface area (Å²) in [6.07, 6.45) is 2.05. The quantitative estimate of drug-likeness (QED) is 0.238. The van der Waals surface area contributed by atoms with Gasteiger partial charge in [0.2, 0.25) is 0 Å². The van der Waals surface area contributed by atoms with Gasteiger partial charge in [-0.1, -0.05) is 0 Å².